The van der Waals surface area contributed by atoms with Gasteiger partial charge in [-0.1, -0.05) is 11.8 Å². The lowest BCUT2D eigenvalue weighted by Crippen LogP contribution is -2.28. The molecule has 3 rings (SSSR count). The lowest BCUT2D eigenvalue weighted by Gasteiger charge is -2.08. The van der Waals surface area contributed by atoms with Crippen molar-refractivity contribution in [2.24, 2.45) is 10.7 Å². The average molecular weight is 335 g/mol. The van der Waals surface area contributed by atoms with E-state index in [1.165, 1.54) is 0 Å². The smallest absolute Gasteiger partial charge is 0.240 e. The number of amidine groups is 1. The molecule has 1 aromatic rings. The normalized spacial score (nSPS) is 20.4. The fourth-order valence-corrected chi connectivity index (χ4v) is 3.04. The van der Waals surface area contributed by atoms with E-state index in [1.54, 1.807) is 18.2 Å². The molecule has 2 amide bonds. The van der Waals surface area contributed by atoms with E-state index in [-0.39, 0.29) is 30.2 Å². The number of carbonyl (C=O) groups excluding carboxylic acids is 2. The first-order valence-corrected chi connectivity index (χ1v) is 7.49. The third kappa shape index (κ3) is 3.54. The molecule has 0 bridgehead atoms. The molecule has 10 heteroatoms. The minimum absolute atomic E-state index is 0.0259. The van der Waals surface area contributed by atoms with Gasteiger partial charge in [-0.25, -0.2) is 0 Å². The Labute approximate surface area is 135 Å². The molecule has 0 radical (unpaired) electrons. The largest absolute Gasteiger partial charge is 0.454 e. The lowest BCUT2D eigenvalue weighted by molar-refractivity contribution is -0.122. The van der Waals surface area contributed by atoms with Crippen LogP contribution in [0.3, 0.4) is 0 Å². The van der Waals surface area contributed by atoms with Gasteiger partial charge in [0.05, 0.1) is 0 Å². The van der Waals surface area contributed by atoms with Gasteiger partial charge in [0, 0.05) is 18.2 Å². The molecule has 0 saturated carbocycles. The first-order chi connectivity index (χ1) is 11.0. The van der Waals surface area contributed by atoms with Gasteiger partial charge in [0.15, 0.2) is 16.7 Å². The van der Waals surface area contributed by atoms with Crippen molar-refractivity contribution in [2.45, 2.75) is 11.7 Å². The van der Waals surface area contributed by atoms with Crippen LogP contribution in [-0.4, -0.2) is 35.0 Å². The van der Waals surface area contributed by atoms with E-state index in [9.17, 15) is 9.59 Å². The number of amides is 2. The molecule has 1 atom stereocenters. The van der Waals surface area contributed by atoms with Gasteiger partial charge in [-0.05, 0) is 12.1 Å². The van der Waals surface area contributed by atoms with Crippen LogP contribution in [0.15, 0.2) is 23.2 Å². The van der Waals surface area contributed by atoms with E-state index in [2.05, 4.69) is 15.6 Å². The monoisotopic (exact) mass is 335 g/mol. The van der Waals surface area contributed by atoms with Crippen LogP contribution < -0.4 is 25.8 Å². The zero-order valence-corrected chi connectivity index (χ0v) is 12.6. The fraction of sp³-hybridized carbons (Fsp3) is 0.231. The number of anilines is 1. The maximum absolute atomic E-state index is 12.1. The maximum atomic E-state index is 12.1. The molecule has 2 aliphatic heterocycles. The number of ether oxygens (including phenoxy) is 2. The van der Waals surface area contributed by atoms with Gasteiger partial charge in [0.1, 0.15) is 5.25 Å². The van der Waals surface area contributed by atoms with E-state index in [4.69, 9.17) is 20.6 Å². The molecular formula is C13H13N5O4S. The van der Waals surface area contributed by atoms with E-state index in [0.29, 0.717) is 17.2 Å². The molecule has 0 aliphatic carbocycles. The molecule has 120 valence electrons. The Kier molecular flexibility index (Phi) is 4.06. The predicted octanol–water partition coefficient (Wildman–Crippen LogP) is 0.225. The molecule has 1 fully saturated rings. The Morgan fingerprint density at radius 2 is 2.26 bits per heavy atom. The van der Waals surface area contributed by atoms with E-state index in [1.807, 2.05) is 0 Å². The molecule has 0 spiro atoms. The quantitative estimate of drug-likeness (QED) is 0.460. The first-order valence-electron chi connectivity index (χ1n) is 6.61. The number of rotatable bonds is 3. The molecule has 1 unspecified atom stereocenters. The van der Waals surface area contributed by atoms with Gasteiger partial charge in [-0.3, -0.25) is 15.0 Å². The Morgan fingerprint density at radius 3 is 3.04 bits per heavy atom. The summed E-state index contributed by atoms with van der Waals surface area (Å²) in [6.07, 6.45) is -0.0259. The highest BCUT2D eigenvalue weighted by atomic mass is 32.2. The molecule has 2 heterocycles. The number of thioether (sulfide) groups is 1. The topological polar surface area (TPSA) is 139 Å². The summed E-state index contributed by atoms with van der Waals surface area (Å²) in [5, 5.41) is 11.9. The summed E-state index contributed by atoms with van der Waals surface area (Å²) < 4.78 is 10.4. The molecule has 23 heavy (non-hydrogen) atoms. The van der Waals surface area contributed by atoms with E-state index < -0.39 is 11.2 Å². The highest BCUT2D eigenvalue weighted by Crippen LogP contribution is 2.34. The number of fused-ring (bicyclic) bond motifs is 1. The highest BCUT2D eigenvalue weighted by Gasteiger charge is 2.32. The second-order valence-corrected chi connectivity index (χ2v) is 5.91. The van der Waals surface area contributed by atoms with Crippen LogP contribution >= 0.6 is 11.8 Å². The van der Waals surface area contributed by atoms with Gasteiger partial charge in [0.25, 0.3) is 0 Å². The molecular weight excluding hydrogens is 322 g/mol. The van der Waals surface area contributed by atoms with Crippen LogP contribution in [0.1, 0.15) is 6.42 Å². The summed E-state index contributed by atoms with van der Waals surface area (Å²) in [7, 11) is 0. The number of guanidine groups is 1. The van der Waals surface area contributed by atoms with Crippen LogP contribution in [0, 0.1) is 5.41 Å². The Bertz CT molecular complexity index is 720. The van der Waals surface area contributed by atoms with Crippen LogP contribution in [0.5, 0.6) is 11.5 Å². The van der Waals surface area contributed by atoms with Gasteiger partial charge in [0.2, 0.25) is 24.6 Å². The minimum Gasteiger partial charge on any atom is -0.454 e. The van der Waals surface area contributed by atoms with Crippen LogP contribution in [0.25, 0.3) is 0 Å². The average Bonchev–Trinajstić information content (AvgIpc) is 3.05. The van der Waals surface area contributed by atoms with Crippen molar-refractivity contribution in [3.05, 3.63) is 18.2 Å². The SMILES string of the molecule is N=C(N)N=C1NC(=O)C(CC(=O)Nc2ccc3c(c2)OCO3)S1. The van der Waals surface area contributed by atoms with E-state index in [0.717, 1.165) is 11.8 Å². The number of aliphatic imine (C=N–C) groups is 1. The van der Waals surface area contributed by atoms with Crippen molar-refractivity contribution in [1.29, 1.82) is 5.41 Å². The van der Waals surface area contributed by atoms with Crippen molar-refractivity contribution in [3.8, 4) is 11.5 Å². The van der Waals surface area contributed by atoms with Crippen molar-refractivity contribution < 1.29 is 19.1 Å². The Balaban J connectivity index is 1.59. The Hall–Kier alpha value is -2.75. The summed E-state index contributed by atoms with van der Waals surface area (Å²) in [6.45, 7) is 0.157. The van der Waals surface area contributed by atoms with Crippen LogP contribution in [-0.2, 0) is 9.59 Å². The van der Waals surface area contributed by atoms with Gasteiger partial charge < -0.3 is 25.8 Å². The number of carbonyl (C=O) groups is 2. The second kappa shape index (κ2) is 6.16. The zero-order chi connectivity index (χ0) is 16.4. The van der Waals surface area contributed by atoms with Crippen LogP contribution in [0.2, 0.25) is 0 Å². The van der Waals surface area contributed by atoms with Crippen molar-refractivity contribution in [2.75, 3.05) is 12.1 Å². The molecule has 5 N–H and O–H groups in total. The molecule has 9 nitrogen and oxygen atoms in total. The molecule has 1 saturated heterocycles. The van der Waals surface area contributed by atoms with Crippen molar-refractivity contribution in [3.63, 3.8) is 0 Å². The third-order valence-electron chi connectivity index (χ3n) is 3.03. The summed E-state index contributed by atoms with van der Waals surface area (Å²) in [5.41, 5.74) is 5.70. The molecule has 2 aliphatic rings. The standard InChI is InChI=1S/C13H13N5O4S/c14-12(15)18-13-17-11(20)9(23-13)4-10(19)16-6-1-2-7-8(3-6)22-5-21-7/h1-3,9H,4-5H2,(H,16,19)(H4,14,15,17,18,20). The number of nitrogens with zero attached hydrogens (tertiary/aromatic N) is 1. The third-order valence-corrected chi connectivity index (χ3v) is 4.11. The minimum atomic E-state index is -0.609. The molecule has 1 aromatic carbocycles. The fourth-order valence-electron chi connectivity index (χ4n) is 2.06. The Morgan fingerprint density at radius 1 is 1.48 bits per heavy atom. The highest BCUT2D eigenvalue weighted by molar-refractivity contribution is 8.15. The summed E-state index contributed by atoms with van der Waals surface area (Å²) in [5.74, 6) is 0.125. The van der Waals surface area contributed by atoms with Gasteiger partial charge in [-0.2, -0.15) is 4.99 Å². The van der Waals surface area contributed by atoms with Crippen molar-refractivity contribution in [1.82, 2.24) is 5.32 Å². The number of nitrogens with two attached hydrogens (primary N) is 1. The number of benzene rings is 1. The van der Waals surface area contributed by atoms with Crippen LogP contribution in [0.4, 0.5) is 5.69 Å². The second-order valence-electron chi connectivity index (χ2n) is 4.72. The van der Waals surface area contributed by atoms with Gasteiger partial charge >= 0.3 is 0 Å². The summed E-state index contributed by atoms with van der Waals surface area (Å²) >= 11 is 1.07. The maximum Gasteiger partial charge on any atom is 0.240 e. The van der Waals surface area contributed by atoms with E-state index >= 15 is 0 Å². The summed E-state index contributed by atoms with van der Waals surface area (Å²) in [6, 6.07) is 5.05. The first kappa shape index (κ1) is 15.2. The number of hydrogen-bond acceptors (Lipinski definition) is 6. The molecule has 0 aromatic heterocycles. The predicted molar refractivity (Wildman–Crippen MR) is 84.7 cm³/mol. The zero-order valence-electron chi connectivity index (χ0n) is 11.8. The number of hydrogen-bond donors (Lipinski definition) is 4. The number of nitrogens with one attached hydrogen (secondary N) is 3. The van der Waals surface area contributed by atoms with Crippen molar-refractivity contribution >= 4 is 40.4 Å². The van der Waals surface area contributed by atoms with Gasteiger partial charge in [-0.15, -0.1) is 0 Å². The lowest BCUT2D eigenvalue weighted by atomic mass is 10.2. The summed E-state index contributed by atoms with van der Waals surface area (Å²) in [4.78, 5) is 27.5.